The second kappa shape index (κ2) is 5.16. The fraction of sp³-hybridized carbons (Fsp3) is 0.462. The third-order valence-corrected chi connectivity index (χ3v) is 2.80. The molecule has 0 N–H and O–H groups in total. The third-order valence-electron chi connectivity index (χ3n) is 2.80. The molecule has 1 heteroatoms. The fourth-order valence-corrected chi connectivity index (χ4v) is 1.87. The van der Waals surface area contributed by atoms with Crippen molar-refractivity contribution in [1.29, 1.82) is 0 Å². The molecule has 0 saturated carbocycles. The Morgan fingerprint density at radius 2 is 1.86 bits per heavy atom. The highest BCUT2D eigenvalue weighted by atomic mass is 16.5. The summed E-state index contributed by atoms with van der Waals surface area (Å²) in [4.78, 5) is 0. The molecular weight excluding hydrogens is 172 g/mol. The first-order chi connectivity index (χ1) is 6.95. The van der Waals surface area contributed by atoms with Gasteiger partial charge in [-0.3, -0.25) is 0 Å². The second-order valence-electron chi connectivity index (χ2n) is 3.88. The minimum atomic E-state index is 0.768. The molecule has 1 aromatic rings. The predicted molar refractivity (Wildman–Crippen MR) is 58.0 cm³/mol. The van der Waals surface area contributed by atoms with E-state index < -0.39 is 0 Å². The van der Waals surface area contributed by atoms with Crippen LogP contribution < -0.4 is 0 Å². The molecule has 1 heterocycles. The SMILES string of the molecule is [CH](Cc1ccccc1)C1CCOCC1. The zero-order chi connectivity index (χ0) is 9.64. The number of rotatable bonds is 3. The van der Waals surface area contributed by atoms with Crippen LogP contribution in [0.3, 0.4) is 0 Å². The molecule has 0 unspecified atom stereocenters. The first-order valence-electron chi connectivity index (χ1n) is 5.40. The van der Waals surface area contributed by atoms with Gasteiger partial charge in [0.1, 0.15) is 0 Å². The Hall–Kier alpha value is -0.820. The molecule has 0 spiro atoms. The van der Waals surface area contributed by atoms with E-state index in [0.29, 0.717) is 0 Å². The van der Waals surface area contributed by atoms with Gasteiger partial charge in [0.05, 0.1) is 0 Å². The van der Waals surface area contributed by atoms with Crippen LogP contribution in [0.15, 0.2) is 30.3 Å². The zero-order valence-corrected chi connectivity index (χ0v) is 8.49. The van der Waals surface area contributed by atoms with Crippen LogP contribution in [0.1, 0.15) is 18.4 Å². The van der Waals surface area contributed by atoms with E-state index in [1.165, 1.54) is 18.4 Å². The summed E-state index contributed by atoms with van der Waals surface area (Å²) in [6, 6.07) is 10.7. The lowest BCUT2D eigenvalue weighted by Crippen LogP contribution is -2.16. The van der Waals surface area contributed by atoms with Gasteiger partial charge in [0.2, 0.25) is 0 Å². The highest BCUT2D eigenvalue weighted by Crippen LogP contribution is 2.19. The molecule has 0 aliphatic carbocycles. The number of benzene rings is 1. The van der Waals surface area contributed by atoms with Crippen molar-refractivity contribution in [3.05, 3.63) is 42.3 Å². The van der Waals surface area contributed by atoms with Gasteiger partial charge in [0.25, 0.3) is 0 Å². The fourth-order valence-electron chi connectivity index (χ4n) is 1.87. The minimum absolute atomic E-state index is 0.768. The molecule has 2 rings (SSSR count). The van der Waals surface area contributed by atoms with E-state index in [0.717, 1.165) is 25.6 Å². The molecule has 1 fully saturated rings. The summed E-state index contributed by atoms with van der Waals surface area (Å²) in [5, 5.41) is 0. The van der Waals surface area contributed by atoms with Gasteiger partial charge >= 0.3 is 0 Å². The van der Waals surface area contributed by atoms with Gasteiger partial charge in [-0.2, -0.15) is 0 Å². The molecule has 1 aliphatic heterocycles. The molecule has 1 aliphatic rings. The molecule has 14 heavy (non-hydrogen) atoms. The maximum atomic E-state index is 5.33. The standard InChI is InChI=1S/C13H17O/c1-2-4-12(5-3-1)6-7-13-8-10-14-11-9-13/h1-5,7,13H,6,8-11H2. The van der Waals surface area contributed by atoms with Crippen molar-refractivity contribution in [2.75, 3.05) is 13.2 Å². The van der Waals surface area contributed by atoms with Gasteiger partial charge in [-0.1, -0.05) is 30.3 Å². The Labute approximate surface area is 86.1 Å². The van der Waals surface area contributed by atoms with E-state index in [4.69, 9.17) is 4.74 Å². The van der Waals surface area contributed by atoms with Crippen LogP contribution in [0.4, 0.5) is 0 Å². The van der Waals surface area contributed by atoms with E-state index >= 15 is 0 Å². The lowest BCUT2D eigenvalue weighted by Gasteiger charge is -2.21. The van der Waals surface area contributed by atoms with Crippen molar-refractivity contribution < 1.29 is 4.74 Å². The van der Waals surface area contributed by atoms with E-state index in [-0.39, 0.29) is 0 Å². The van der Waals surface area contributed by atoms with Crippen molar-refractivity contribution in [2.24, 2.45) is 5.92 Å². The molecule has 0 atom stereocenters. The monoisotopic (exact) mass is 189 g/mol. The van der Waals surface area contributed by atoms with Crippen LogP contribution in [-0.2, 0) is 11.2 Å². The zero-order valence-electron chi connectivity index (χ0n) is 8.49. The Kier molecular flexibility index (Phi) is 3.58. The van der Waals surface area contributed by atoms with Crippen LogP contribution in [-0.4, -0.2) is 13.2 Å². The first kappa shape index (κ1) is 9.72. The van der Waals surface area contributed by atoms with Crippen molar-refractivity contribution in [3.8, 4) is 0 Å². The van der Waals surface area contributed by atoms with Gasteiger partial charge in [-0.15, -0.1) is 0 Å². The quantitative estimate of drug-likeness (QED) is 0.710. The average Bonchev–Trinajstić information content (AvgIpc) is 2.29. The lowest BCUT2D eigenvalue weighted by molar-refractivity contribution is 0.0743. The number of hydrogen-bond acceptors (Lipinski definition) is 1. The summed E-state index contributed by atoms with van der Waals surface area (Å²) in [7, 11) is 0. The largest absolute Gasteiger partial charge is 0.381 e. The Bertz CT molecular complexity index is 249. The minimum Gasteiger partial charge on any atom is -0.381 e. The summed E-state index contributed by atoms with van der Waals surface area (Å²) in [5.74, 6) is 0.768. The van der Waals surface area contributed by atoms with Crippen LogP contribution in [0.2, 0.25) is 0 Å². The van der Waals surface area contributed by atoms with Crippen LogP contribution in [0.25, 0.3) is 0 Å². The Morgan fingerprint density at radius 3 is 2.57 bits per heavy atom. The van der Waals surface area contributed by atoms with E-state index in [1.807, 2.05) is 0 Å². The average molecular weight is 189 g/mol. The van der Waals surface area contributed by atoms with Gasteiger partial charge in [-0.05, 0) is 37.2 Å². The van der Waals surface area contributed by atoms with Crippen molar-refractivity contribution in [2.45, 2.75) is 19.3 Å². The smallest absolute Gasteiger partial charge is 0.0468 e. The third kappa shape index (κ3) is 2.85. The normalized spacial score (nSPS) is 18.3. The van der Waals surface area contributed by atoms with Crippen molar-refractivity contribution in [3.63, 3.8) is 0 Å². The van der Waals surface area contributed by atoms with Crippen molar-refractivity contribution in [1.82, 2.24) is 0 Å². The Balaban J connectivity index is 1.76. The Morgan fingerprint density at radius 1 is 1.14 bits per heavy atom. The highest BCUT2D eigenvalue weighted by molar-refractivity contribution is 5.16. The van der Waals surface area contributed by atoms with Crippen LogP contribution in [0, 0.1) is 12.3 Å². The topological polar surface area (TPSA) is 9.23 Å². The predicted octanol–water partition coefficient (Wildman–Crippen LogP) is 2.86. The molecular formula is C13H17O. The van der Waals surface area contributed by atoms with Gasteiger partial charge in [0, 0.05) is 13.2 Å². The maximum Gasteiger partial charge on any atom is 0.0468 e. The van der Waals surface area contributed by atoms with Gasteiger partial charge in [0.15, 0.2) is 0 Å². The summed E-state index contributed by atoms with van der Waals surface area (Å²) in [5.41, 5.74) is 1.42. The number of ether oxygens (including phenoxy) is 1. The highest BCUT2D eigenvalue weighted by Gasteiger charge is 2.13. The lowest BCUT2D eigenvalue weighted by atomic mass is 9.93. The van der Waals surface area contributed by atoms with Gasteiger partial charge in [-0.25, -0.2) is 0 Å². The number of hydrogen-bond donors (Lipinski definition) is 0. The summed E-state index contributed by atoms with van der Waals surface area (Å²) in [6.07, 6.45) is 5.95. The summed E-state index contributed by atoms with van der Waals surface area (Å²) >= 11 is 0. The van der Waals surface area contributed by atoms with E-state index in [9.17, 15) is 0 Å². The molecule has 0 aromatic heterocycles. The maximum absolute atomic E-state index is 5.33. The van der Waals surface area contributed by atoms with Crippen LogP contribution in [0.5, 0.6) is 0 Å². The summed E-state index contributed by atoms with van der Waals surface area (Å²) in [6.45, 7) is 1.88. The van der Waals surface area contributed by atoms with E-state index in [1.54, 1.807) is 0 Å². The first-order valence-corrected chi connectivity index (χ1v) is 5.40. The molecule has 75 valence electrons. The van der Waals surface area contributed by atoms with Crippen LogP contribution >= 0.6 is 0 Å². The molecule has 1 nitrogen and oxygen atoms in total. The molecule has 1 aromatic carbocycles. The molecule has 0 amide bonds. The van der Waals surface area contributed by atoms with Gasteiger partial charge < -0.3 is 4.74 Å². The van der Waals surface area contributed by atoms with Crippen molar-refractivity contribution >= 4 is 0 Å². The van der Waals surface area contributed by atoms with E-state index in [2.05, 4.69) is 36.8 Å². The second-order valence-corrected chi connectivity index (χ2v) is 3.88. The molecule has 1 radical (unpaired) electrons. The molecule has 1 saturated heterocycles. The molecule has 0 bridgehead atoms. The summed E-state index contributed by atoms with van der Waals surface area (Å²) < 4.78 is 5.33.